The van der Waals surface area contributed by atoms with Gasteiger partial charge in [-0.25, -0.2) is 0 Å². The summed E-state index contributed by atoms with van der Waals surface area (Å²) in [6, 6.07) is 5.89. The van der Waals surface area contributed by atoms with Crippen LogP contribution in [0.25, 0.3) is 0 Å². The second-order valence-electron chi connectivity index (χ2n) is 3.65. The second kappa shape index (κ2) is 7.25. The number of nitro benzene ring substituents is 1. The molecule has 1 N–H and O–H groups in total. The first-order valence-electron chi connectivity index (χ1n) is 5.71. The molecule has 1 rings (SSSR count). The zero-order chi connectivity index (χ0) is 13.4. The van der Waals surface area contributed by atoms with E-state index >= 15 is 0 Å². The molecule has 0 saturated heterocycles. The lowest BCUT2D eigenvalue weighted by Gasteiger charge is -2.08. The van der Waals surface area contributed by atoms with Crippen molar-refractivity contribution in [1.82, 2.24) is 5.32 Å². The summed E-state index contributed by atoms with van der Waals surface area (Å²) >= 11 is 0. The van der Waals surface area contributed by atoms with E-state index in [1.807, 2.05) is 6.07 Å². The topological polar surface area (TPSA) is 88.2 Å². The summed E-state index contributed by atoms with van der Waals surface area (Å²) in [5.74, 6) is 0.376. The maximum absolute atomic E-state index is 10.6. The number of rotatable bonds is 7. The fourth-order valence-electron chi connectivity index (χ4n) is 1.38. The van der Waals surface area contributed by atoms with E-state index in [0.717, 1.165) is 13.0 Å². The standard InChI is InChI=1S/C12H15N3O3/c1-2-5-14-6-7-18-12-4-3-11(15(16)17)8-10(12)9-13/h3-4,8,14H,2,5-7H2,1H3. The molecule has 1 aromatic rings. The van der Waals surface area contributed by atoms with Crippen molar-refractivity contribution in [2.75, 3.05) is 19.7 Å². The number of nitrogens with zero attached hydrogens (tertiary/aromatic N) is 2. The van der Waals surface area contributed by atoms with Gasteiger partial charge in [-0.2, -0.15) is 5.26 Å². The molecule has 6 heteroatoms. The smallest absolute Gasteiger partial charge is 0.271 e. The molecule has 0 amide bonds. The van der Waals surface area contributed by atoms with Crippen molar-refractivity contribution in [1.29, 1.82) is 5.26 Å². The summed E-state index contributed by atoms with van der Waals surface area (Å²) in [6.45, 7) is 4.08. The first-order valence-corrected chi connectivity index (χ1v) is 5.71. The maximum atomic E-state index is 10.6. The van der Waals surface area contributed by atoms with Crippen molar-refractivity contribution in [3.05, 3.63) is 33.9 Å². The van der Waals surface area contributed by atoms with Crippen molar-refractivity contribution < 1.29 is 9.66 Å². The lowest BCUT2D eigenvalue weighted by molar-refractivity contribution is -0.384. The van der Waals surface area contributed by atoms with Crippen molar-refractivity contribution in [3.63, 3.8) is 0 Å². The van der Waals surface area contributed by atoms with E-state index in [2.05, 4.69) is 12.2 Å². The third-order valence-electron chi connectivity index (χ3n) is 2.26. The molecule has 0 heterocycles. The van der Waals surface area contributed by atoms with Crippen molar-refractivity contribution >= 4 is 5.69 Å². The first-order chi connectivity index (χ1) is 8.69. The Labute approximate surface area is 105 Å². The minimum atomic E-state index is -0.534. The minimum Gasteiger partial charge on any atom is -0.491 e. The van der Waals surface area contributed by atoms with Gasteiger partial charge in [-0.3, -0.25) is 10.1 Å². The molecule has 0 aliphatic carbocycles. The molecule has 0 aromatic heterocycles. The van der Waals surface area contributed by atoms with Crippen LogP contribution in [0.2, 0.25) is 0 Å². The number of hydrogen-bond acceptors (Lipinski definition) is 5. The van der Waals surface area contributed by atoms with E-state index in [9.17, 15) is 10.1 Å². The van der Waals surface area contributed by atoms with Crippen molar-refractivity contribution in [3.8, 4) is 11.8 Å². The fraction of sp³-hybridized carbons (Fsp3) is 0.417. The van der Waals surface area contributed by atoms with Gasteiger partial charge in [0.05, 0.1) is 4.92 Å². The van der Waals surface area contributed by atoms with E-state index in [4.69, 9.17) is 10.00 Å². The SMILES string of the molecule is CCCNCCOc1ccc([N+](=O)[O-])cc1C#N. The third kappa shape index (κ3) is 4.03. The first kappa shape index (κ1) is 13.9. The Morgan fingerprint density at radius 1 is 1.50 bits per heavy atom. The van der Waals surface area contributed by atoms with E-state index in [1.54, 1.807) is 0 Å². The number of ether oxygens (including phenoxy) is 1. The van der Waals surface area contributed by atoms with Crippen molar-refractivity contribution in [2.24, 2.45) is 0 Å². The Hall–Kier alpha value is -2.13. The fourth-order valence-corrected chi connectivity index (χ4v) is 1.38. The molecule has 0 fully saturated rings. The molecule has 96 valence electrons. The van der Waals surface area contributed by atoms with Gasteiger partial charge < -0.3 is 10.1 Å². The number of non-ortho nitro benzene ring substituents is 1. The second-order valence-corrected chi connectivity index (χ2v) is 3.65. The number of hydrogen-bond donors (Lipinski definition) is 1. The van der Waals surface area contributed by atoms with Gasteiger partial charge >= 0.3 is 0 Å². The Kier molecular flexibility index (Phi) is 5.61. The predicted molar refractivity (Wildman–Crippen MR) is 66.5 cm³/mol. The van der Waals surface area contributed by atoms with E-state index in [1.165, 1.54) is 18.2 Å². The van der Waals surface area contributed by atoms with Crippen LogP contribution < -0.4 is 10.1 Å². The van der Waals surface area contributed by atoms with Crippen molar-refractivity contribution in [2.45, 2.75) is 13.3 Å². The molecule has 1 aromatic carbocycles. The van der Waals surface area contributed by atoms with Gasteiger partial charge in [-0.15, -0.1) is 0 Å². The molecule has 0 aliphatic rings. The van der Waals surface area contributed by atoms with Crippen LogP contribution in [0.5, 0.6) is 5.75 Å². The molecule has 0 aliphatic heterocycles. The lowest BCUT2D eigenvalue weighted by atomic mass is 10.2. The number of nitriles is 1. The maximum Gasteiger partial charge on any atom is 0.271 e. The van der Waals surface area contributed by atoms with E-state index < -0.39 is 4.92 Å². The van der Waals surface area contributed by atoms with Crippen LogP contribution in [-0.4, -0.2) is 24.6 Å². The van der Waals surface area contributed by atoms with Gasteiger partial charge in [0.1, 0.15) is 24.0 Å². The van der Waals surface area contributed by atoms with Gasteiger partial charge in [0.25, 0.3) is 5.69 Å². The molecule has 0 saturated carbocycles. The molecule has 0 bridgehead atoms. The van der Waals surface area contributed by atoms with Crippen LogP contribution >= 0.6 is 0 Å². The number of benzene rings is 1. The van der Waals surface area contributed by atoms with Gasteiger partial charge in [0.15, 0.2) is 0 Å². The molecule has 0 radical (unpaired) electrons. The highest BCUT2D eigenvalue weighted by Crippen LogP contribution is 2.23. The van der Waals surface area contributed by atoms with Gasteiger partial charge in [-0.05, 0) is 19.0 Å². The molecular weight excluding hydrogens is 234 g/mol. The molecule has 0 unspecified atom stereocenters. The predicted octanol–water partition coefficient (Wildman–Crippen LogP) is 1.84. The summed E-state index contributed by atoms with van der Waals surface area (Å²) in [5.41, 5.74) is 0.0719. The van der Waals surface area contributed by atoms with Gasteiger partial charge in [0.2, 0.25) is 0 Å². The molecule has 6 nitrogen and oxygen atoms in total. The summed E-state index contributed by atoms with van der Waals surface area (Å²) < 4.78 is 5.40. The lowest BCUT2D eigenvalue weighted by Crippen LogP contribution is -2.21. The highest BCUT2D eigenvalue weighted by Gasteiger charge is 2.11. The average Bonchev–Trinajstić information content (AvgIpc) is 2.38. The normalized spacial score (nSPS) is 9.78. The highest BCUT2D eigenvalue weighted by molar-refractivity contribution is 5.50. The van der Waals surface area contributed by atoms with E-state index in [-0.39, 0.29) is 11.3 Å². The zero-order valence-electron chi connectivity index (χ0n) is 10.2. The Balaban J connectivity index is 2.61. The Morgan fingerprint density at radius 3 is 2.89 bits per heavy atom. The number of nitrogens with one attached hydrogen (secondary N) is 1. The Bertz CT molecular complexity index is 454. The summed E-state index contributed by atoms with van der Waals surface area (Å²) in [6.07, 6.45) is 1.04. The quantitative estimate of drug-likeness (QED) is 0.452. The molecule has 18 heavy (non-hydrogen) atoms. The van der Waals surface area contributed by atoms with Gasteiger partial charge in [0, 0.05) is 18.7 Å². The summed E-state index contributed by atoms with van der Waals surface area (Å²) in [5, 5.41) is 22.6. The van der Waals surface area contributed by atoms with Crippen LogP contribution in [0, 0.1) is 21.4 Å². The largest absolute Gasteiger partial charge is 0.491 e. The van der Waals surface area contributed by atoms with Crippen LogP contribution in [-0.2, 0) is 0 Å². The highest BCUT2D eigenvalue weighted by atomic mass is 16.6. The van der Waals surface area contributed by atoms with Gasteiger partial charge in [-0.1, -0.05) is 6.92 Å². The zero-order valence-corrected chi connectivity index (χ0v) is 10.2. The molecule has 0 atom stereocenters. The van der Waals surface area contributed by atoms with Crippen LogP contribution in [0.15, 0.2) is 18.2 Å². The summed E-state index contributed by atoms with van der Waals surface area (Å²) in [4.78, 5) is 10.0. The third-order valence-corrected chi connectivity index (χ3v) is 2.26. The average molecular weight is 249 g/mol. The van der Waals surface area contributed by atoms with Crippen LogP contribution in [0.3, 0.4) is 0 Å². The van der Waals surface area contributed by atoms with Crippen LogP contribution in [0.1, 0.15) is 18.9 Å². The van der Waals surface area contributed by atoms with E-state index in [0.29, 0.717) is 18.9 Å². The van der Waals surface area contributed by atoms with Crippen LogP contribution in [0.4, 0.5) is 5.69 Å². The monoisotopic (exact) mass is 249 g/mol. The molecule has 0 spiro atoms. The molecular formula is C12H15N3O3. The minimum absolute atomic E-state index is 0.108. The number of nitro groups is 1. The summed E-state index contributed by atoms with van der Waals surface area (Å²) in [7, 11) is 0. The Morgan fingerprint density at radius 2 is 2.28 bits per heavy atom.